The van der Waals surface area contributed by atoms with Gasteiger partial charge in [0.15, 0.2) is 5.65 Å². The van der Waals surface area contributed by atoms with E-state index in [1.54, 1.807) is 23.0 Å². The van der Waals surface area contributed by atoms with Crippen LogP contribution in [0.5, 0.6) is 5.88 Å². The Labute approximate surface area is 137 Å². The molecule has 7 heteroatoms. The summed E-state index contributed by atoms with van der Waals surface area (Å²) in [6, 6.07) is 4.99. The molecule has 0 bridgehead atoms. The molecule has 24 heavy (non-hydrogen) atoms. The van der Waals surface area contributed by atoms with Gasteiger partial charge in [0, 0.05) is 17.8 Å². The van der Waals surface area contributed by atoms with Crippen LogP contribution in [0.15, 0.2) is 36.8 Å². The number of pyridine rings is 1. The van der Waals surface area contributed by atoms with Gasteiger partial charge in [0.1, 0.15) is 11.9 Å². The predicted octanol–water partition coefficient (Wildman–Crippen LogP) is 2.61. The summed E-state index contributed by atoms with van der Waals surface area (Å²) in [5, 5.41) is 14.0. The minimum atomic E-state index is -0.407. The van der Waals surface area contributed by atoms with Crippen LogP contribution in [-0.4, -0.2) is 36.9 Å². The minimum Gasteiger partial charge on any atom is -0.473 e. The van der Waals surface area contributed by atoms with Gasteiger partial charge in [-0.1, -0.05) is 0 Å². The fraction of sp³-hybridized carbons (Fsp3) is 0.353. The van der Waals surface area contributed by atoms with Crippen LogP contribution in [0.4, 0.5) is 4.39 Å². The van der Waals surface area contributed by atoms with Crippen molar-refractivity contribution in [3.8, 4) is 17.1 Å². The van der Waals surface area contributed by atoms with Crippen LogP contribution >= 0.6 is 0 Å². The Hall–Kier alpha value is -2.54. The molecule has 1 aliphatic rings. The highest BCUT2D eigenvalue weighted by Crippen LogP contribution is 2.25. The number of rotatable bonds is 3. The summed E-state index contributed by atoms with van der Waals surface area (Å²) in [7, 11) is 0. The molecule has 0 radical (unpaired) electrons. The smallest absolute Gasteiger partial charge is 0.232 e. The van der Waals surface area contributed by atoms with Gasteiger partial charge >= 0.3 is 0 Å². The lowest BCUT2D eigenvalue weighted by Crippen LogP contribution is -2.26. The van der Waals surface area contributed by atoms with Crippen LogP contribution in [0.3, 0.4) is 0 Å². The largest absolute Gasteiger partial charge is 0.473 e. The molecular formula is C17H17FN4O2. The zero-order valence-corrected chi connectivity index (χ0v) is 13.0. The number of ether oxygens (including phenoxy) is 1. The molecule has 4 rings (SSSR count). The Balaban J connectivity index is 1.63. The Morgan fingerprint density at radius 2 is 1.96 bits per heavy atom. The van der Waals surface area contributed by atoms with Gasteiger partial charge in [-0.2, -0.15) is 0 Å². The minimum absolute atomic E-state index is 0.0566. The molecule has 0 unspecified atom stereocenters. The van der Waals surface area contributed by atoms with Crippen molar-refractivity contribution in [2.75, 3.05) is 0 Å². The summed E-state index contributed by atoms with van der Waals surface area (Å²) in [6.07, 6.45) is 7.32. The molecule has 3 heterocycles. The quantitative estimate of drug-likeness (QED) is 0.800. The van der Waals surface area contributed by atoms with E-state index in [9.17, 15) is 9.50 Å². The lowest BCUT2D eigenvalue weighted by molar-refractivity contribution is 0.0637. The molecule has 0 spiro atoms. The van der Waals surface area contributed by atoms with Crippen LogP contribution in [0.1, 0.15) is 25.7 Å². The van der Waals surface area contributed by atoms with Crippen LogP contribution in [-0.2, 0) is 0 Å². The van der Waals surface area contributed by atoms with Crippen LogP contribution in [0.2, 0.25) is 0 Å². The van der Waals surface area contributed by atoms with E-state index in [0.29, 0.717) is 22.8 Å². The molecular weight excluding hydrogens is 311 g/mol. The number of aliphatic hydroxyl groups is 1. The fourth-order valence-electron chi connectivity index (χ4n) is 3.00. The number of hydrogen-bond acceptors (Lipinski definition) is 5. The van der Waals surface area contributed by atoms with Gasteiger partial charge in [-0.3, -0.25) is 4.98 Å². The molecule has 1 aliphatic carbocycles. The first-order valence-electron chi connectivity index (χ1n) is 7.99. The van der Waals surface area contributed by atoms with Crippen molar-refractivity contribution in [1.29, 1.82) is 0 Å². The van der Waals surface area contributed by atoms with E-state index in [1.807, 2.05) is 6.07 Å². The molecule has 0 atom stereocenters. The number of hydrogen-bond donors (Lipinski definition) is 1. The van der Waals surface area contributed by atoms with Gasteiger partial charge in [-0.05, 0) is 37.8 Å². The SMILES string of the molecule is O[C@H]1CC[C@H](Oc2ccc3ncc(-c4cncc(F)c4)n3n2)CC1. The standard InChI is InChI=1S/C17H17FN4O2/c18-12-7-11(8-19-9-12)15-10-20-16-5-6-17(21-22(15)16)24-14-3-1-13(23)2-4-14/h5-10,13-14,23H,1-4H2/t13-,14-. The Bertz CT molecular complexity index is 859. The number of imidazole rings is 1. The second-order valence-corrected chi connectivity index (χ2v) is 6.03. The van der Waals surface area contributed by atoms with E-state index in [2.05, 4.69) is 15.1 Å². The van der Waals surface area contributed by atoms with E-state index in [0.717, 1.165) is 31.9 Å². The average molecular weight is 328 g/mol. The van der Waals surface area contributed by atoms with Gasteiger partial charge in [0.25, 0.3) is 0 Å². The molecule has 0 amide bonds. The fourth-order valence-corrected chi connectivity index (χ4v) is 3.00. The average Bonchev–Trinajstić information content (AvgIpc) is 3.00. The summed E-state index contributed by atoms with van der Waals surface area (Å²) >= 11 is 0. The highest BCUT2D eigenvalue weighted by Gasteiger charge is 2.21. The van der Waals surface area contributed by atoms with Crippen LogP contribution < -0.4 is 4.74 Å². The maximum Gasteiger partial charge on any atom is 0.232 e. The second-order valence-electron chi connectivity index (χ2n) is 6.03. The number of aromatic nitrogens is 4. The van der Waals surface area contributed by atoms with E-state index < -0.39 is 5.82 Å². The van der Waals surface area contributed by atoms with Crippen molar-refractivity contribution < 1.29 is 14.2 Å². The number of nitrogens with zero attached hydrogens (tertiary/aromatic N) is 4. The molecule has 3 aromatic rings. The van der Waals surface area contributed by atoms with Crippen molar-refractivity contribution in [3.63, 3.8) is 0 Å². The highest BCUT2D eigenvalue weighted by atomic mass is 19.1. The third kappa shape index (κ3) is 2.94. The normalized spacial score (nSPS) is 21.1. The molecule has 1 N–H and O–H groups in total. The first kappa shape index (κ1) is 15.0. The number of fused-ring (bicyclic) bond motifs is 1. The van der Waals surface area contributed by atoms with Crippen LogP contribution in [0.25, 0.3) is 16.9 Å². The molecule has 1 saturated carbocycles. The topological polar surface area (TPSA) is 72.5 Å². The lowest BCUT2D eigenvalue weighted by Gasteiger charge is -2.25. The zero-order valence-electron chi connectivity index (χ0n) is 13.0. The third-order valence-corrected chi connectivity index (χ3v) is 4.27. The molecule has 0 saturated heterocycles. The number of aliphatic hydroxyl groups excluding tert-OH is 1. The summed E-state index contributed by atoms with van der Waals surface area (Å²) < 4.78 is 21.0. The van der Waals surface area contributed by atoms with E-state index in [1.165, 1.54) is 6.07 Å². The summed E-state index contributed by atoms with van der Waals surface area (Å²) in [6.45, 7) is 0. The monoisotopic (exact) mass is 328 g/mol. The van der Waals surface area contributed by atoms with Gasteiger partial charge in [0.05, 0.1) is 24.2 Å². The predicted molar refractivity (Wildman–Crippen MR) is 85.1 cm³/mol. The van der Waals surface area contributed by atoms with Gasteiger partial charge < -0.3 is 9.84 Å². The first-order chi connectivity index (χ1) is 11.7. The second kappa shape index (κ2) is 6.16. The molecule has 6 nitrogen and oxygen atoms in total. The molecule has 0 aliphatic heterocycles. The number of halogens is 1. The maximum atomic E-state index is 13.4. The first-order valence-corrected chi connectivity index (χ1v) is 7.99. The van der Waals surface area contributed by atoms with Crippen molar-refractivity contribution in [1.82, 2.24) is 19.6 Å². The molecule has 124 valence electrons. The highest BCUT2D eigenvalue weighted by molar-refractivity contribution is 5.62. The molecule has 3 aromatic heterocycles. The lowest BCUT2D eigenvalue weighted by atomic mass is 9.95. The van der Waals surface area contributed by atoms with Crippen molar-refractivity contribution in [2.24, 2.45) is 0 Å². The zero-order chi connectivity index (χ0) is 16.5. The van der Waals surface area contributed by atoms with E-state index in [4.69, 9.17) is 4.74 Å². The Morgan fingerprint density at radius 3 is 2.75 bits per heavy atom. The Kier molecular flexibility index (Phi) is 3.86. The summed E-state index contributed by atoms with van der Waals surface area (Å²) in [5.41, 5.74) is 1.91. The Morgan fingerprint density at radius 1 is 1.12 bits per heavy atom. The molecule has 0 aromatic carbocycles. The van der Waals surface area contributed by atoms with Crippen molar-refractivity contribution >= 4 is 5.65 Å². The van der Waals surface area contributed by atoms with Gasteiger partial charge in [-0.15, -0.1) is 5.10 Å². The van der Waals surface area contributed by atoms with Crippen molar-refractivity contribution in [3.05, 3.63) is 42.6 Å². The van der Waals surface area contributed by atoms with E-state index in [-0.39, 0.29) is 12.2 Å². The summed E-state index contributed by atoms with van der Waals surface area (Å²) in [4.78, 5) is 8.16. The van der Waals surface area contributed by atoms with Gasteiger partial charge in [0.2, 0.25) is 5.88 Å². The third-order valence-electron chi connectivity index (χ3n) is 4.27. The van der Waals surface area contributed by atoms with E-state index >= 15 is 0 Å². The maximum absolute atomic E-state index is 13.4. The molecule has 1 fully saturated rings. The van der Waals surface area contributed by atoms with Crippen LogP contribution in [0, 0.1) is 5.82 Å². The summed E-state index contributed by atoms with van der Waals surface area (Å²) in [5.74, 6) is 0.0862. The van der Waals surface area contributed by atoms with Gasteiger partial charge in [-0.25, -0.2) is 13.9 Å². The van der Waals surface area contributed by atoms with Crippen molar-refractivity contribution in [2.45, 2.75) is 37.9 Å².